The molecule has 0 fully saturated rings. The summed E-state index contributed by atoms with van der Waals surface area (Å²) in [5, 5.41) is 5.34. The van der Waals surface area contributed by atoms with Crippen molar-refractivity contribution in [3.05, 3.63) is 71.4 Å². The second kappa shape index (κ2) is 7.64. The summed E-state index contributed by atoms with van der Waals surface area (Å²) >= 11 is 0. The molecule has 1 aliphatic heterocycles. The molecule has 1 aliphatic rings. The lowest BCUT2D eigenvalue weighted by Crippen LogP contribution is -2.23. The van der Waals surface area contributed by atoms with Crippen molar-refractivity contribution in [2.45, 2.75) is 13.1 Å². The third-order valence-corrected chi connectivity index (χ3v) is 5.74. The standard InChI is InChI=1S/C24H21FN4O3/c1-28-12-19-17(6-7-22(32-3)23(19)27-28)14-4-5-15(20(25)8-14)11-29-13-21-18(24(29)30)9-16(31-2)10-26-21/h4-10,12H,11,13H2,1-3H3. The number of carbonyl (C=O) groups excluding carboxylic acids is 1. The third kappa shape index (κ3) is 3.24. The van der Waals surface area contributed by atoms with Crippen LogP contribution >= 0.6 is 0 Å². The van der Waals surface area contributed by atoms with Crippen LogP contribution in [-0.2, 0) is 20.1 Å². The molecule has 0 atom stereocenters. The van der Waals surface area contributed by atoms with Crippen molar-refractivity contribution in [1.82, 2.24) is 19.7 Å². The molecule has 0 radical (unpaired) electrons. The summed E-state index contributed by atoms with van der Waals surface area (Å²) in [7, 11) is 4.96. The van der Waals surface area contributed by atoms with Crippen molar-refractivity contribution in [2.24, 2.45) is 7.05 Å². The monoisotopic (exact) mass is 432 g/mol. The molecule has 0 saturated heterocycles. The van der Waals surface area contributed by atoms with Gasteiger partial charge in [-0.1, -0.05) is 12.1 Å². The van der Waals surface area contributed by atoms with Crippen molar-refractivity contribution in [3.63, 3.8) is 0 Å². The maximum absolute atomic E-state index is 15.1. The Labute approximate surface area is 184 Å². The number of aromatic nitrogens is 3. The lowest BCUT2D eigenvalue weighted by Gasteiger charge is -2.16. The number of methoxy groups -OCH3 is 2. The zero-order chi connectivity index (χ0) is 22.4. The van der Waals surface area contributed by atoms with Gasteiger partial charge in [0.15, 0.2) is 0 Å². The summed E-state index contributed by atoms with van der Waals surface area (Å²) in [5.74, 6) is 0.640. The van der Waals surface area contributed by atoms with Crippen LogP contribution in [0.2, 0.25) is 0 Å². The fourth-order valence-corrected chi connectivity index (χ4v) is 4.11. The first-order valence-electron chi connectivity index (χ1n) is 10.1. The number of hydrogen-bond acceptors (Lipinski definition) is 5. The molecule has 0 saturated carbocycles. The number of halogens is 1. The van der Waals surface area contributed by atoms with E-state index in [4.69, 9.17) is 9.47 Å². The molecule has 5 rings (SSSR count). The summed E-state index contributed by atoms with van der Waals surface area (Å²) < 4.78 is 27.4. The molecule has 0 unspecified atom stereocenters. The Kier molecular flexibility index (Phi) is 4.77. The highest BCUT2D eigenvalue weighted by atomic mass is 19.1. The van der Waals surface area contributed by atoms with E-state index in [1.807, 2.05) is 31.4 Å². The van der Waals surface area contributed by atoms with Gasteiger partial charge in [0.25, 0.3) is 5.91 Å². The van der Waals surface area contributed by atoms with Crippen molar-refractivity contribution in [2.75, 3.05) is 14.2 Å². The van der Waals surface area contributed by atoms with Crippen LogP contribution in [0.3, 0.4) is 0 Å². The van der Waals surface area contributed by atoms with Gasteiger partial charge in [0.05, 0.1) is 38.2 Å². The number of amides is 1. The van der Waals surface area contributed by atoms with Crippen LogP contribution < -0.4 is 9.47 Å². The van der Waals surface area contributed by atoms with Gasteiger partial charge in [0.1, 0.15) is 22.8 Å². The summed E-state index contributed by atoms with van der Waals surface area (Å²) in [6.45, 7) is 0.503. The number of benzene rings is 2. The smallest absolute Gasteiger partial charge is 0.256 e. The molecule has 4 aromatic rings. The Balaban J connectivity index is 1.44. The second-order valence-corrected chi connectivity index (χ2v) is 7.72. The summed E-state index contributed by atoms with van der Waals surface area (Å²) in [4.78, 5) is 18.6. The van der Waals surface area contributed by atoms with Gasteiger partial charge in [0, 0.05) is 30.7 Å². The van der Waals surface area contributed by atoms with Gasteiger partial charge >= 0.3 is 0 Å². The minimum atomic E-state index is -0.371. The van der Waals surface area contributed by atoms with E-state index in [1.165, 1.54) is 13.2 Å². The third-order valence-electron chi connectivity index (χ3n) is 5.74. The molecule has 8 heteroatoms. The maximum Gasteiger partial charge on any atom is 0.256 e. The molecule has 1 amide bonds. The normalized spacial score (nSPS) is 13.0. The fourth-order valence-electron chi connectivity index (χ4n) is 4.11. The predicted octanol–water partition coefficient (Wildman–Crippen LogP) is 3.95. The number of nitrogens with zero attached hydrogens (tertiary/aromatic N) is 4. The van der Waals surface area contributed by atoms with Crippen LogP contribution in [0.1, 0.15) is 21.6 Å². The van der Waals surface area contributed by atoms with E-state index < -0.39 is 0 Å². The summed E-state index contributed by atoms with van der Waals surface area (Å²) in [5.41, 5.74) is 3.93. The van der Waals surface area contributed by atoms with Crippen LogP contribution in [0.15, 0.2) is 48.8 Å². The summed E-state index contributed by atoms with van der Waals surface area (Å²) in [6, 6.07) is 10.5. The molecule has 32 heavy (non-hydrogen) atoms. The van der Waals surface area contributed by atoms with Gasteiger partial charge in [-0.25, -0.2) is 4.39 Å². The number of pyridine rings is 1. The molecule has 162 valence electrons. The zero-order valence-electron chi connectivity index (χ0n) is 17.9. The van der Waals surface area contributed by atoms with Gasteiger partial charge in [-0.2, -0.15) is 5.10 Å². The molecule has 0 aliphatic carbocycles. The fraction of sp³-hybridized carbons (Fsp3) is 0.208. The number of rotatable bonds is 5. The van der Waals surface area contributed by atoms with Gasteiger partial charge < -0.3 is 14.4 Å². The lowest BCUT2D eigenvalue weighted by molar-refractivity contribution is 0.0764. The van der Waals surface area contributed by atoms with Gasteiger partial charge in [-0.05, 0) is 35.4 Å². The highest BCUT2D eigenvalue weighted by Gasteiger charge is 2.29. The van der Waals surface area contributed by atoms with Gasteiger partial charge in [-0.3, -0.25) is 14.5 Å². The molecule has 0 spiro atoms. The minimum Gasteiger partial charge on any atom is -0.495 e. The van der Waals surface area contributed by atoms with E-state index in [1.54, 1.807) is 35.0 Å². The Morgan fingerprint density at radius 3 is 2.69 bits per heavy atom. The second-order valence-electron chi connectivity index (χ2n) is 7.72. The SMILES string of the molecule is COc1cnc2c(c1)C(=O)N(Cc1ccc(-c3ccc(OC)c4nn(C)cc34)cc1F)C2. The minimum absolute atomic E-state index is 0.161. The number of aryl methyl sites for hydroxylation is 1. The molecular formula is C24H21FN4O3. The van der Waals surface area contributed by atoms with E-state index in [0.717, 1.165) is 22.0 Å². The van der Waals surface area contributed by atoms with Crippen molar-refractivity contribution < 1.29 is 18.7 Å². The number of ether oxygens (including phenoxy) is 2. The van der Waals surface area contributed by atoms with Crippen LogP contribution in [0.25, 0.3) is 22.0 Å². The van der Waals surface area contributed by atoms with Crippen LogP contribution in [0.4, 0.5) is 4.39 Å². The van der Waals surface area contributed by atoms with Crippen LogP contribution in [0.5, 0.6) is 11.5 Å². The first-order chi connectivity index (χ1) is 15.5. The van der Waals surface area contributed by atoms with Gasteiger partial charge in [0.2, 0.25) is 0 Å². The average molecular weight is 432 g/mol. The average Bonchev–Trinajstić information content (AvgIpc) is 3.33. The van der Waals surface area contributed by atoms with E-state index >= 15 is 4.39 Å². The van der Waals surface area contributed by atoms with Crippen molar-refractivity contribution in [1.29, 1.82) is 0 Å². The molecule has 3 heterocycles. The van der Waals surface area contributed by atoms with E-state index in [0.29, 0.717) is 34.9 Å². The molecule has 0 N–H and O–H groups in total. The van der Waals surface area contributed by atoms with E-state index in [2.05, 4.69) is 10.1 Å². The number of carbonyl (C=O) groups is 1. The van der Waals surface area contributed by atoms with Gasteiger partial charge in [-0.15, -0.1) is 0 Å². The Hall–Kier alpha value is -3.94. The van der Waals surface area contributed by atoms with E-state index in [9.17, 15) is 4.79 Å². The first kappa shape index (κ1) is 20.0. The molecule has 0 bridgehead atoms. The topological polar surface area (TPSA) is 69.5 Å². The Morgan fingerprint density at radius 2 is 1.94 bits per heavy atom. The van der Waals surface area contributed by atoms with E-state index in [-0.39, 0.29) is 18.3 Å². The molecule has 7 nitrogen and oxygen atoms in total. The van der Waals surface area contributed by atoms with Crippen LogP contribution in [-0.4, -0.2) is 39.8 Å². The molecule has 2 aromatic heterocycles. The molecular weight excluding hydrogens is 411 g/mol. The zero-order valence-corrected chi connectivity index (χ0v) is 17.9. The van der Waals surface area contributed by atoms with Crippen molar-refractivity contribution in [3.8, 4) is 22.6 Å². The lowest BCUT2D eigenvalue weighted by atomic mass is 9.99. The summed E-state index contributed by atoms with van der Waals surface area (Å²) in [6.07, 6.45) is 3.47. The first-order valence-corrected chi connectivity index (χ1v) is 10.1. The highest BCUT2D eigenvalue weighted by Crippen LogP contribution is 2.34. The maximum atomic E-state index is 15.1. The van der Waals surface area contributed by atoms with Crippen molar-refractivity contribution >= 4 is 16.8 Å². The quantitative estimate of drug-likeness (QED) is 0.478. The molecule has 2 aromatic carbocycles. The Bertz CT molecular complexity index is 1370. The number of fused-ring (bicyclic) bond motifs is 2. The highest BCUT2D eigenvalue weighted by molar-refractivity contribution is 5.98. The largest absolute Gasteiger partial charge is 0.495 e. The predicted molar refractivity (Wildman–Crippen MR) is 117 cm³/mol. The van der Waals surface area contributed by atoms with Crippen LogP contribution in [0, 0.1) is 5.82 Å². The number of hydrogen-bond donors (Lipinski definition) is 0. The Morgan fingerprint density at radius 1 is 1.09 bits per heavy atom.